The van der Waals surface area contributed by atoms with Crippen molar-refractivity contribution >= 4 is 17.1 Å². The van der Waals surface area contributed by atoms with Crippen LogP contribution in [-0.2, 0) is 27.7 Å². The quantitative estimate of drug-likeness (QED) is 0.273. The lowest BCUT2D eigenvalue weighted by molar-refractivity contribution is -0.0670. The van der Waals surface area contributed by atoms with Crippen molar-refractivity contribution in [3.63, 3.8) is 0 Å². The number of nitrogens with zero attached hydrogens (tertiary/aromatic N) is 1. The molecule has 0 amide bonds. The number of hydrogen-bond donors (Lipinski definition) is 0. The first-order valence-electron chi connectivity index (χ1n) is 11.3. The summed E-state index contributed by atoms with van der Waals surface area (Å²) in [5.41, 5.74) is 1.12. The molecule has 1 atom stereocenters. The van der Waals surface area contributed by atoms with Crippen LogP contribution in [0.3, 0.4) is 0 Å². The zero-order valence-electron chi connectivity index (χ0n) is 19.9. The predicted molar refractivity (Wildman–Crippen MR) is 128 cm³/mol. The molecule has 2 aromatic heterocycles. The van der Waals surface area contributed by atoms with E-state index in [0.717, 1.165) is 16.5 Å². The van der Waals surface area contributed by atoms with Gasteiger partial charge in [-0.3, -0.25) is 4.98 Å². The highest BCUT2D eigenvalue weighted by atomic mass is 16.7. The molecule has 0 unspecified atom stereocenters. The maximum Gasteiger partial charge on any atom is 0.508 e. The van der Waals surface area contributed by atoms with Crippen molar-refractivity contribution in [2.45, 2.75) is 57.7 Å². The first-order valence-corrected chi connectivity index (χ1v) is 11.3. The topological polar surface area (TPSA) is 87.9 Å². The van der Waals surface area contributed by atoms with E-state index in [1.54, 1.807) is 38.4 Å². The zero-order valence-corrected chi connectivity index (χ0v) is 19.9. The Balaban J connectivity index is 1.45. The van der Waals surface area contributed by atoms with Crippen LogP contribution in [0.25, 0.3) is 11.0 Å². The van der Waals surface area contributed by atoms with Crippen LogP contribution in [0.2, 0.25) is 0 Å². The first kappa shape index (κ1) is 23.5. The average Bonchev–Trinajstić information content (AvgIpc) is 3.21. The van der Waals surface area contributed by atoms with Crippen LogP contribution in [0.1, 0.15) is 44.4 Å². The van der Waals surface area contributed by atoms with Crippen LogP contribution in [0.15, 0.2) is 64.6 Å². The highest BCUT2D eigenvalue weighted by molar-refractivity contribution is 5.80. The number of rotatable bonds is 7. The summed E-state index contributed by atoms with van der Waals surface area (Å²) in [4.78, 5) is 28.8. The van der Waals surface area contributed by atoms with E-state index in [2.05, 4.69) is 11.6 Å². The lowest BCUT2D eigenvalue weighted by Gasteiger charge is -2.30. The minimum Gasteiger partial charge on any atom is -0.485 e. The normalized spacial score (nSPS) is 15.5. The van der Waals surface area contributed by atoms with Gasteiger partial charge in [-0.1, -0.05) is 19.9 Å². The summed E-state index contributed by atoms with van der Waals surface area (Å²) in [5, 5.41) is 0.807. The maximum absolute atomic E-state index is 12.5. The fraction of sp³-hybridized carbons (Fsp3) is 0.370. The van der Waals surface area contributed by atoms with Gasteiger partial charge < -0.3 is 18.6 Å². The molecule has 1 aliphatic rings. The van der Waals surface area contributed by atoms with Crippen LogP contribution >= 0.6 is 0 Å². The average molecular weight is 464 g/mol. The molecule has 0 N–H and O–H groups in total. The van der Waals surface area contributed by atoms with Gasteiger partial charge >= 0.3 is 11.8 Å². The van der Waals surface area contributed by atoms with Gasteiger partial charge in [0.05, 0.1) is 6.61 Å². The Morgan fingerprint density at radius 3 is 2.65 bits per heavy atom. The van der Waals surface area contributed by atoms with Gasteiger partial charge in [-0.05, 0) is 49.2 Å². The second-order valence-corrected chi connectivity index (χ2v) is 9.59. The number of aromatic nitrogens is 1. The number of allylic oxidation sites excluding steroid dienone is 1. The first-order chi connectivity index (χ1) is 16.1. The number of benzene rings is 1. The van der Waals surface area contributed by atoms with E-state index in [9.17, 15) is 9.59 Å². The van der Waals surface area contributed by atoms with Gasteiger partial charge in [-0.25, -0.2) is 9.59 Å². The standard InChI is InChI=1S/C27H29NO6/c1-6-26(2,3)20-14-18-13-19-15-23(32-21(19)16-22(18)33-24(20)29)27(4,5)34-25(30)31-12-9-17-7-10-28-11-8-17/h6-8,10-11,13-14,16,23H,1,9,12,15H2,2-5H3/t23-/m0/s1. The van der Waals surface area contributed by atoms with Crippen molar-refractivity contribution in [3.8, 4) is 5.75 Å². The molecule has 0 fully saturated rings. The molecule has 0 aliphatic carbocycles. The molecular weight excluding hydrogens is 434 g/mol. The number of pyridine rings is 1. The number of ether oxygens (including phenoxy) is 3. The summed E-state index contributed by atoms with van der Waals surface area (Å²) in [6, 6.07) is 9.27. The van der Waals surface area contributed by atoms with Crippen molar-refractivity contribution in [2.24, 2.45) is 0 Å². The third-order valence-electron chi connectivity index (χ3n) is 6.28. The molecule has 1 aromatic carbocycles. The van der Waals surface area contributed by atoms with E-state index in [4.69, 9.17) is 18.6 Å². The molecule has 178 valence electrons. The number of fused-ring (bicyclic) bond motifs is 2. The molecule has 0 bridgehead atoms. The minimum absolute atomic E-state index is 0.207. The van der Waals surface area contributed by atoms with Crippen LogP contribution in [0, 0.1) is 0 Å². The fourth-order valence-corrected chi connectivity index (χ4v) is 3.92. The molecule has 3 aromatic rings. The van der Waals surface area contributed by atoms with Crippen molar-refractivity contribution in [2.75, 3.05) is 6.61 Å². The van der Waals surface area contributed by atoms with Gasteiger partial charge in [0.2, 0.25) is 0 Å². The Kier molecular flexibility index (Phi) is 6.21. The van der Waals surface area contributed by atoms with Crippen molar-refractivity contribution in [3.05, 3.63) is 82.5 Å². The van der Waals surface area contributed by atoms with Crippen molar-refractivity contribution in [1.29, 1.82) is 0 Å². The summed E-state index contributed by atoms with van der Waals surface area (Å²) in [6.45, 7) is 11.4. The summed E-state index contributed by atoms with van der Waals surface area (Å²) in [5.74, 6) is 0.610. The van der Waals surface area contributed by atoms with E-state index in [-0.39, 0.29) is 6.61 Å². The molecule has 0 saturated carbocycles. The lowest BCUT2D eigenvalue weighted by atomic mass is 9.85. The van der Waals surface area contributed by atoms with E-state index in [1.165, 1.54) is 0 Å². The molecular formula is C27H29NO6. The Morgan fingerprint density at radius 2 is 1.94 bits per heavy atom. The molecule has 0 saturated heterocycles. The van der Waals surface area contributed by atoms with E-state index in [1.807, 2.05) is 38.1 Å². The van der Waals surface area contributed by atoms with Gasteiger partial charge in [0.15, 0.2) is 0 Å². The van der Waals surface area contributed by atoms with Crippen molar-refractivity contribution < 1.29 is 23.4 Å². The SMILES string of the molecule is C=CC(C)(C)c1cc2cc3c(cc2oc1=O)O[C@H](C(C)(C)OC(=O)OCCc1ccncc1)C3. The lowest BCUT2D eigenvalue weighted by Crippen LogP contribution is -2.43. The van der Waals surface area contributed by atoms with Crippen LogP contribution < -0.4 is 10.4 Å². The Hall–Kier alpha value is -3.61. The third kappa shape index (κ3) is 4.83. The Bertz CT molecular complexity index is 1280. The van der Waals surface area contributed by atoms with Gasteiger partial charge in [0, 0.05) is 47.7 Å². The Morgan fingerprint density at radius 1 is 1.21 bits per heavy atom. The highest BCUT2D eigenvalue weighted by Crippen LogP contribution is 2.38. The van der Waals surface area contributed by atoms with Crippen LogP contribution in [0.4, 0.5) is 4.79 Å². The monoisotopic (exact) mass is 463 g/mol. The van der Waals surface area contributed by atoms with E-state index < -0.39 is 28.9 Å². The summed E-state index contributed by atoms with van der Waals surface area (Å²) in [7, 11) is 0. The van der Waals surface area contributed by atoms with Crippen molar-refractivity contribution in [1.82, 2.24) is 4.98 Å². The molecule has 0 radical (unpaired) electrons. The summed E-state index contributed by atoms with van der Waals surface area (Å²) in [6.07, 6.45) is 5.08. The minimum atomic E-state index is -0.935. The zero-order chi connectivity index (χ0) is 24.5. The van der Waals surface area contributed by atoms with Gasteiger partial charge in [0.25, 0.3) is 0 Å². The van der Waals surface area contributed by atoms with Crippen LogP contribution in [-0.4, -0.2) is 29.5 Å². The molecule has 0 spiro atoms. The van der Waals surface area contributed by atoms with E-state index >= 15 is 0 Å². The predicted octanol–water partition coefficient (Wildman–Crippen LogP) is 5.13. The molecule has 4 rings (SSSR count). The smallest absolute Gasteiger partial charge is 0.485 e. The number of carbonyl (C=O) groups is 1. The highest BCUT2D eigenvalue weighted by Gasteiger charge is 2.40. The number of hydrogen-bond acceptors (Lipinski definition) is 7. The largest absolute Gasteiger partial charge is 0.508 e. The molecule has 7 nitrogen and oxygen atoms in total. The molecule has 3 heterocycles. The van der Waals surface area contributed by atoms with Gasteiger partial charge in [-0.2, -0.15) is 0 Å². The summed E-state index contributed by atoms with van der Waals surface area (Å²) < 4.78 is 22.5. The second kappa shape index (κ2) is 8.97. The summed E-state index contributed by atoms with van der Waals surface area (Å²) >= 11 is 0. The maximum atomic E-state index is 12.5. The third-order valence-corrected chi connectivity index (χ3v) is 6.28. The molecule has 7 heteroatoms. The fourth-order valence-electron chi connectivity index (χ4n) is 3.92. The van der Waals surface area contributed by atoms with Crippen LogP contribution in [0.5, 0.6) is 5.75 Å². The Labute approximate surface area is 198 Å². The molecule has 1 aliphatic heterocycles. The van der Waals surface area contributed by atoms with Gasteiger partial charge in [0.1, 0.15) is 23.0 Å². The second-order valence-electron chi connectivity index (χ2n) is 9.59. The number of carbonyl (C=O) groups excluding carboxylic acids is 1. The van der Waals surface area contributed by atoms with E-state index in [0.29, 0.717) is 29.7 Å². The molecule has 34 heavy (non-hydrogen) atoms. The van der Waals surface area contributed by atoms with Gasteiger partial charge in [-0.15, -0.1) is 6.58 Å².